The van der Waals surface area contributed by atoms with Crippen LogP contribution in [0.15, 0.2) is 4.52 Å². The maximum atomic E-state index is 12.2. The van der Waals surface area contributed by atoms with Gasteiger partial charge in [0.25, 0.3) is 0 Å². The van der Waals surface area contributed by atoms with Gasteiger partial charge >= 0.3 is 5.97 Å². The van der Waals surface area contributed by atoms with Crippen molar-refractivity contribution in [2.24, 2.45) is 5.92 Å². The van der Waals surface area contributed by atoms with Gasteiger partial charge in [-0.3, -0.25) is 9.59 Å². The highest BCUT2D eigenvalue weighted by molar-refractivity contribution is 5.79. The number of hydrogen-bond donors (Lipinski definition) is 1. The number of likely N-dealkylation sites (tertiary alicyclic amines) is 1. The maximum Gasteiger partial charge on any atom is 0.308 e. The number of carboxylic acid groups (broad SMARTS) is 1. The van der Waals surface area contributed by atoms with E-state index in [9.17, 15) is 9.59 Å². The van der Waals surface area contributed by atoms with Crippen LogP contribution < -0.4 is 0 Å². The molecule has 128 valence electrons. The number of amides is 1. The Morgan fingerprint density at radius 2 is 2.09 bits per heavy atom. The molecule has 2 rings (SSSR count). The second-order valence-electron chi connectivity index (χ2n) is 7.18. The highest BCUT2D eigenvalue weighted by Crippen LogP contribution is 2.25. The van der Waals surface area contributed by atoms with Crippen molar-refractivity contribution in [1.82, 2.24) is 15.0 Å². The SMILES string of the molecule is CC1C(C(=O)O)CCN1C(=O)CCCc1nc(C(C)(C)C)no1. The van der Waals surface area contributed by atoms with Crippen molar-refractivity contribution < 1.29 is 19.2 Å². The highest BCUT2D eigenvalue weighted by atomic mass is 16.5. The van der Waals surface area contributed by atoms with Gasteiger partial charge in [-0.2, -0.15) is 4.98 Å². The van der Waals surface area contributed by atoms with E-state index in [1.807, 2.05) is 20.8 Å². The lowest BCUT2D eigenvalue weighted by Crippen LogP contribution is -2.37. The topological polar surface area (TPSA) is 96.5 Å². The third-order valence-corrected chi connectivity index (χ3v) is 4.31. The number of carboxylic acids is 1. The van der Waals surface area contributed by atoms with Gasteiger partial charge in [0, 0.05) is 30.8 Å². The van der Waals surface area contributed by atoms with Gasteiger partial charge < -0.3 is 14.5 Å². The van der Waals surface area contributed by atoms with E-state index in [0.717, 1.165) is 0 Å². The second kappa shape index (κ2) is 6.68. The Hall–Kier alpha value is -1.92. The zero-order valence-electron chi connectivity index (χ0n) is 14.2. The molecular weight excluding hydrogens is 298 g/mol. The van der Waals surface area contributed by atoms with E-state index in [1.165, 1.54) is 0 Å². The van der Waals surface area contributed by atoms with E-state index < -0.39 is 11.9 Å². The zero-order chi connectivity index (χ0) is 17.2. The summed E-state index contributed by atoms with van der Waals surface area (Å²) in [5.41, 5.74) is -0.158. The maximum absolute atomic E-state index is 12.2. The summed E-state index contributed by atoms with van der Waals surface area (Å²) < 4.78 is 5.20. The Morgan fingerprint density at radius 3 is 2.61 bits per heavy atom. The van der Waals surface area contributed by atoms with Crippen LogP contribution in [0, 0.1) is 5.92 Å². The molecule has 7 heteroatoms. The number of carbonyl (C=O) groups excluding carboxylic acids is 1. The van der Waals surface area contributed by atoms with Gasteiger partial charge in [-0.15, -0.1) is 0 Å². The van der Waals surface area contributed by atoms with Gasteiger partial charge in [0.05, 0.1) is 5.92 Å². The van der Waals surface area contributed by atoms with Crippen molar-refractivity contribution in [3.63, 3.8) is 0 Å². The van der Waals surface area contributed by atoms with E-state index in [4.69, 9.17) is 9.63 Å². The number of aliphatic carboxylic acids is 1. The van der Waals surface area contributed by atoms with Crippen LogP contribution in [0.4, 0.5) is 0 Å². The average molecular weight is 323 g/mol. The third kappa shape index (κ3) is 4.09. The van der Waals surface area contributed by atoms with E-state index in [-0.39, 0.29) is 17.4 Å². The number of nitrogens with zero attached hydrogens (tertiary/aromatic N) is 3. The molecule has 0 saturated carbocycles. The monoisotopic (exact) mass is 323 g/mol. The fourth-order valence-corrected chi connectivity index (χ4v) is 2.82. The summed E-state index contributed by atoms with van der Waals surface area (Å²) >= 11 is 0. The van der Waals surface area contributed by atoms with Gasteiger partial charge in [-0.25, -0.2) is 0 Å². The standard InChI is InChI=1S/C16H25N3O4/c1-10-11(14(21)22)8-9-19(10)13(20)7-5-6-12-17-15(18-23-12)16(2,3)4/h10-11H,5-9H2,1-4H3,(H,21,22). The Bertz CT molecular complexity index is 576. The van der Waals surface area contributed by atoms with Crippen molar-refractivity contribution in [3.8, 4) is 0 Å². The van der Waals surface area contributed by atoms with E-state index in [1.54, 1.807) is 11.8 Å². The molecule has 23 heavy (non-hydrogen) atoms. The van der Waals surface area contributed by atoms with E-state index in [0.29, 0.717) is 43.9 Å². The largest absolute Gasteiger partial charge is 0.481 e. The lowest BCUT2D eigenvalue weighted by Gasteiger charge is -2.23. The Balaban J connectivity index is 1.81. The van der Waals surface area contributed by atoms with Crippen LogP contribution in [-0.2, 0) is 21.4 Å². The first-order chi connectivity index (χ1) is 10.7. The summed E-state index contributed by atoms with van der Waals surface area (Å²) in [5.74, 6) is -0.0775. The van der Waals surface area contributed by atoms with Crippen LogP contribution in [0.1, 0.15) is 58.7 Å². The lowest BCUT2D eigenvalue weighted by atomic mass is 9.96. The van der Waals surface area contributed by atoms with Crippen LogP contribution in [-0.4, -0.2) is 44.6 Å². The summed E-state index contributed by atoms with van der Waals surface area (Å²) in [4.78, 5) is 29.4. The first-order valence-electron chi connectivity index (χ1n) is 8.05. The number of aryl methyl sites for hydroxylation is 1. The molecule has 1 aliphatic heterocycles. The van der Waals surface area contributed by atoms with Gasteiger partial charge in [0.1, 0.15) is 0 Å². The molecule has 2 unspecified atom stereocenters. The van der Waals surface area contributed by atoms with E-state index in [2.05, 4.69) is 10.1 Å². The molecule has 1 aromatic heterocycles. The van der Waals surface area contributed by atoms with E-state index >= 15 is 0 Å². The molecule has 1 saturated heterocycles. The fraction of sp³-hybridized carbons (Fsp3) is 0.750. The predicted molar refractivity (Wildman–Crippen MR) is 82.9 cm³/mol. The summed E-state index contributed by atoms with van der Waals surface area (Å²) in [5, 5.41) is 13.1. The summed E-state index contributed by atoms with van der Waals surface area (Å²) in [6, 6.07) is -0.240. The minimum Gasteiger partial charge on any atom is -0.481 e. The molecule has 1 aromatic rings. The summed E-state index contributed by atoms with van der Waals surface area (Å²) in [7, 11) is 0. The third-order valence-electron chi connectivity index (χ3n) is 4.31. The first kappa shape index (κ1) is 17.4. The second-order valence-corrected chi connectivity index (χ2v) is 7.18. The molecule has 1 fully saturated rings. The molecule has 1 amide bonds. The normalized spacial score (nSPS) is 21.7. The number of hydrogen-bond acceptors (Lipinski definition) is 5. The Kier molecular flexibility index (Phi) is 5.06. The first-order valence-corrected chi connectivity index (χ1v) is 8.05. The van der Waals surface area contributed by atoms with Gasteiger partial charge in [-0.05, 0) is 19.8 Å². The summed E-state index contributed by atoms with van der Waals surface area (Å²) in [6.45, 7) is 8.36. The quantitative estimate of drug-likeness (QED) is 0.890. The molecule has 1 N–H and O–H groups in total. The minimum atomic E-state index is -0.826. The molecule has 0 bridgehead atoms. The molecule has 2 atom stereocenters. The van der Waals surface area contributed by atoms with Crippen LogP contribution in [0.25, 0.3) is 0 Å². The smallest absolute Gasteiger partial charge is 0.308 e. The van der Waals surface area contributed by atoms with Gasteiger partial charge in [-0.1, -0.05) is 25.9 Å². The number of carbonyl (C=O) groups is 2. The lowest BCUT2D eigenvalue weighted by molar-refractivity contribution is -0.143. The van der Waals surface area contributed by atoms with Crippen molar-refractivity contribution >= 4 is 11.9 Å². The minimum absolute atomic E-state index is 0.00295. The van der Waals surface area contributed by atoms with Crippen molar-refractivity contribution in [2.45, 2.75) is 64.8 Å². The van der Waals surface area contributed by atoms with Gasteiger partial charge in [0.2, 0.25) is 11.8 Å². The molecule has 2 heterocycles. The molecular formula is C16H25N3O4. The van der Waals surface area contributed by atoms with Crippen LogP contribution in [0.2, 0.25) is 0 Å². The van der Waals surface area contributed by atoms with Crippen molar-refractivity contribution in [2.75, 3.05) is 6.54 Å². The average Bonchev–Trinajstić information content (AvgIpc) is 3.04. The molecule has 0 aromatic carbocycles. The van der Waals surface area contributed by atoms with Crippen LogP contribution in [0.5, 0.6) is 0 Å². The molecule has 0 aliphatic carbocycles. The molecule has 0 radical (unpaired) electrons. The van der Waals surface area contributed by atoms with Crippen molar-refractivity contribution in [1.29, 1.82) is 0 Å². The molecule has 0 spiro atoms. The molecule has 7 nitrogen and oxygen atoms in total. The highest BCUT2D eigenvalue weighted by Gasteiger charge is 2.37. The Morgan fingerprint density at radius 1 is 1.39 bits per heavy atom. The molecule has 1 aliphatic rings. The van der Waals surface area contributed by atoms with Crippen LogP contribution in [0.3, 0.4) is 0 Å². The summed E-state index contributed by atoms with van der Waals surface area (Å²) in [6.07, 6.45) is 2.07. The van der Waals surface area contributed by atoms with Crippen molar-refractivity contribution in [3.05, 3.63) is 11.7 Å². The van der Waals surface area contributed by atoms with Crippen LogP contribution >= 0.6 is 0 Å². The number of rotatable bonds is 5. The predicted octanol–water partition coefficient (Wildman–Crippen LogP) is 2.01. The Labute approximate surface area is 136 Å². The zero-order valence-corrected chi connectivity index (χ0v) is 14.2. The fourth-order valence-electron chi connectivity index (χ4n) is 2.82. The number of aromatic nitrogens is 2. The van der Waals surface area contributed by atoms with Gasteiger partial charge in [0.15, 0.2) is 5.82 Å².